The van der Waals surface area contributed by atoms with Crippen LogP contribution in [0.2, 0.25) is 0 Å². The Labute approximate surface area is 213 Å². The van der Waals surface area contributed by atoms with Crippen LogP contribution in [0.25, 0.3) is 0 Å². The fraction of sp³-hybridized carbons (Fsp3) is 0.458. The normalized spacial score (nSPS) is 18.9. The monoisotopic (exact) mass is 545 g/mol. The molecule has 1 amide bonds. The van der Waals surface area contributed by atoms with Crippen molar-refractivity contribution in [1.82, 2.24) is 9.62 Å². The van der Waals surface area contributed by atoms with E-state index in [0.717, 1.165) is 4.90 Å². The Balaban J connectivity index is 1.76. The van der Waals surface area contributed by atoms with Crippen molar-refractivity contribution >= 4 is 33.4 Å². The van der Waals surface area contributed by atoms with Crippen molar-refractivity contribution in [2.45, 2.75) is 47.6 Å². The van der Waals surface area contributed by atoms with Gasteiger partial charge in [-0.2, -0.15) is 0 Å². The molecule has 1 unspecified atom stereocenters. The molecule has 0 spiro atoms. The summed E-state index contributed by atoms with van der Waals surface area (Å²) in [4.78, 5) is 14.5. The molecule has 2 N–H and O–H groups in total. The number of nitrogens with one attached hydrogen (secondary N) is 2. The molecular formula is C24H30F3N3O4S2. The standard InChI is InChI=1S/C24H30F3N3O4S2/c1-24(10-4-12-34-24)23(31)29-36(32,33)19-13-20(26)22(21(27)14-19)28-17(9-11-30(2)3)15-35-18-7-5-16(25)6-8-18/h5-8,13-14,17,28H,4,9-12,15H2,1-3H3,(H,29,31)/t17-,24?/m1/s1. The number of ether oxygens (including phenoxy) is 1. The highest BCUT2D eigenvalue weighted by Crippen LogP contribution is 2.29. The first-order valence-electron chi connectivity index (χ1n) is 11.4. The molecule has 0 radical (unpaired) electrons. The number of carbonyl (C=O) groups is 1. The number of halogens is 3. The van der Waals surface area contributed by atoms with Crippen LogP contribution in [0.5, 0.6) is 0 Å². The van der Waals surface area contributed by atoms with Crippen molar-refractivity contribution in [3.63, 3.8) is 0 Å². The van der Waals surface area contributed by atoms with Gasteiger partial charge in [0.15, 0.2) is 11.6 Å². The Kier molecular flexibility index (Phi) is 9.31. The van der Waals surface area contributed by atoms with Crippen LogP contribution in [0, 0.1) is 17.5 Å². The Morgan fingerprint density at radius 3 is 2.36 bits per heavy atom. The molecule has 2 atom stereocenters. The molecule has 0 aromatic heterocycles. The zero-order valence-corrected chi connectivity index (χ0v) is 21.9. The Hall–Kier alpha value is -2.28. The fourth-order valence-electron chi connectivity index (χ4n) is 3.63. The van der Waals surface area contributed by atoms with Gasteiger partial charge in [-0.15, -0.1) is 11.8 Å². The molecule has 0 saturated carbocycles. The van der Waals surface area contributed by atoms with E-state index in [1.807, 2.05) is 23.7 Å². The van der Waals surface area contributed by atoms with E-state index in [9.17, 15) is 26.4 Å². The molecule has 0 bridgehead atoms. The number of hydrogen-bond donors (Lipinski definition) is 2. The van der Waals surface area contributed by atoms with Crippen molar-refractivity contribution in [2.24, 2.45) is 0 Å². The molecule has 1 aliphatic heterocycles. The Bertz CT molecular complexity index is 1150. The third-order valence-corrected chi connectivity index (χ3v) is 8.28. The second kappa shape index (κ2) is 11.8. The molecule has 1 fully saturated rings. The van der Waals surface area contributed by atoms with E-state index in [1.165, 1.54) is 30.8 Å². The number of rotatable bonds is 11. The molecule has 36 heavy (non-hydrogen) atoms. The summed E-state index contributed by atoms with van der Waals surface area (Å²) in [6.07, 6.45) is 1.47. The van der Waals surface area contributed by atoms with Gasteiger partial charge < -0.3 is 15.0 Å². The topological polar surface area (TPSA) is 87.7 Å². The largest absolute Gasteiger partial charge is 0.377 e. The molecule has 1 saturated heterocycles. The van der Waals surface area contributed by atoms with Crippen LogP contribution in [0.1, 0.15) is 26.2 Å². The molecule has 0 aliphatic carbocycles. The van der Waals surface area contributed by atoms with Crippen LogP contribution in [0.15, 0.2) is 46.2 Å². The van der Waals surface area contributed by atoms with Crippen LogP contribution in [0.4, 0.5) is 18.9 Å². The van der Waals surface area contributed by atoms with Gasteiger partial charge in [-0.25, -0.2) is 26.3 Å². The molecule has 1 aliphatic rings. The lowest BCUT2D eigenvalue weighted by molar-refractivity contribution is -0.137. The Morgan fingerprint density at radius 1 is 1.17 bits per heavy atom. The first-order chi connectivity index (χ1) is 16.9. The molecule has 2 aromatic rings. The highest BCUT2D eigenvalue weighted by atomic mass is 32.2. The first kappa shape index (κ1) is 28.3. The van der Waals surface area contributed by atoms with Gasteiger partial charge in [0.2, 0.25) is 0 Å². The zero-order valence-electron chi connectivity index (χ0n) is 20.3. The van der Waals surface area contributed by atoms with E-state index >= 15 is 0 Å². The van der Waals surface area contributed by atoms with Crippen LogP contribution in [-0.4, -0.2) is 63.9 Å². The highest BCUT2D eigenvalue weighted by Gasteiger charge is 2.40. The van der Waals surface area contributed by atoms with Crippen molar-refractivity contribution in [2.75, 3.05) is 38.3 Å². The van der Waals surface area contributed by atoms with Gasteiger partial charge in [0, 0.05) is 23.3 Å². The van der Waals surface area contributed by atoms with E-state index in [-0.39, 0.29) is 11.9 Å². The summed E-state index contributed by atoms with van der Waals surface area (Å²) in [6.45, 7) is 2.42. The van der Waals surface area contributed by atoms with Gasteiger partial charge >= 0.3 is 0 Å². The van der Waals surface area contributed by atoms with Gasteiger partial charge in [-0.3, -0.25) is 4.79 Å². The second-order valence-electron chi connectivity index (χ2n) is 9.08. The van der Waals surface area contributed by atoms with Gasteiger partial charge in [0.25, 0.3) is 15.9 Å². The van der Waals surface area contributed by atoms with Crippen LogP contribution in [0.3, 0.4) is 0 Å². The predicted molar refractivity (Wildman–Crippen MR) is 133 cm³/mol. The number of anilines is 1. The number of thioether (sulfide) groups is 1. The summed E-state index contributed by atoms with van der Waals surface area (Å²) >= 11 is 1.40. The minimum atomic E-state index is -4.53. The van der Waals surface area contributed by atoms with E-state index < -0.39 is 43.7 Å². The van der Waals surface area contributed by atoms with Crippen LogP contribution in [-0.2, 0) is 19.6 Å². The maximum Gasteiger partial charge on any atom is 0.265 e. The third-order valence-electron chi connectivity index (χ3n) is 5.79. The zero-order chi connectivity index (χ0) is 26.5. The number of amides is 1. The SMILES string of the molecule is CN(C)CC[C@H](CSc1ccc(F)cc1)Nc1c(F)cc(S(=O)(=O)NC(=O)C2(C)CCCO2)cc1F. The van der Waals surface area contributed by atoms with Crippen molar-refractivity contribution in [3.05, 3.63) is 53.8 Å². The summed E-state index contributed by atoms with van der Waals surface area (Å²) in [6, 6.07) is 6.88. The minimum absolute atomic E-state index is 0.321. The summed E-state index contributed by atoms with van der Waals surface area (Å²) in [5.74, 6) is -3.03. The molecule has 198 valence electrons. The van der Waals surface area contributed by atoms with Crippen molar-refractivity contribution in [1.29, 1.82) is 0 Å². The Morgan fingerprint density at radius 2 is 1.81 bits per heavy atom. The van der Waals surface area contributed by atoms with Crippen LogP contribution >= 0.6 is 11.8 Å². The fourth-order valence-corrected chi connectivity index (χ4v) is 5.70. The molecular weight excluding hydrogens is 515 g/mol. The lowest BCUT2D eigenvalue weighted by Crippen LogP contribution is -2.46. The highest BCUT2D eigenvalue weighted by molar-refractivity contribution is 7.99. The van der Waals surface area contributed by atoms with Gasteiger partial charge in [-0.05, 0) is 83.2 Å². The lowest BCUT2D eigenvalue weighted by Gasteiger charge is -2.23. The number of sulfonamides is 1. The quantitative estimate of drug-likeness (QED) is 0.413. The molecule has 7 nitrogen and oxygen atoms in total. The summed E-state index contributed by atoms with van der Waals surface area (Å²) < 4.78 is 75.6. The summed E-state index contributed by atoms with van der Waals surface area (Å²) in [5.41, 5.74) is -1.78. The molecule has 2 aromatic carbocycles. The van der Waals surface area contributed by atoms with E-state index in [1.54, 1.807) is 12.1 Å². The van der Waals surface area contributed by atoms with E-state index in [0.29, 0.717) is 50.3 Å². The van der Waals surface area contributed by atoms with Crippen LogP contribution < -0.4 is 10.0 Å². The number of nitrogens with zero attached hydrogens (tertiary/aromatic N) is 1. The van der Waals surface area contributed by atoms with E-state index in [4.69, 9.17) is 4.74 Å². The molecule has 1 heterocycles. The second-order valence-corrected chi connectivity index (χ2v) is 11.9. The molecule has 3 rings (SSSR count). The smallest absolute Gasteiger partial charge is 0.265 e. The number of hydrogen-bond acceptors (Lipinski definition) is 7. The number of benzene rings is 2. The maximum atomic E-state index is 15.0. The average molecular weight is 546 g/mol. The lowest BCUT2D eigenvalue weighted by atomic mass is 10.0. The van der Waals surface area contributed by atoms with Gasteiger partial charge in [0.05, 0.1) is 4.90 Å². The summed E-state index contributed by atoms with van der Waals surface area (Å²) in [5, 5.41) is 2.85. The van der Waals surface area contributed by atoms with Crippen molar-refractivity contribution in [3.8, 4) is 0 Å². The maximum absolute atomic E-state index is 15.0. The minimum Gasteiger partial charge on any atom is -0.377 e. The van der Waals surface area contributed by atoms with E-state index in [2.05, 4.69) is 5.32 Å². The first-order valence-corrected chi connectivity index (χ1v) is 13.9. The number of carbonyl (C=O) groups excluding carboxylic acids is 1. The summed E-state index contributed by atoms with van der Waals surface area (Å²) in [7, 11) is -0.783. The van der Waals surface area contributed by atoms with Crippen molar-refractivity contribution < 1.29 is 31.1 Å². The van der Waals surface area contributed by atoms with Gasteiger partial charge in [0.1, 0.15) is 17.1 Å². The third kappa shape index (κ3) is 7.37. The van der Waals surface area contributed by atoms with Gasteiger partial charge in [-0.1, -0.05) is 0 Å². The average Bonchev–Trinajstić information content (AvgIpc) is 3.26. The molecule has 12 heteroatoms. The predicted octanol–water partition coefficient (Wildman–Crippen LogP) is 4.00.